The molecule has 2 aromatic rings. The zero-order valence-electron chi connectivity index (χ0n) is 19.5. The molecule has 1 amide bonds. The van der Waals surface area contributed by atoms with Crippen LogP contribution in [0, 0.1) is 33.3 Å². The van der Waals surface area contributed by atoms with Gasteiger partial charge in [0.05, 0.1) is 21.6 Å². The van der Waals surface area contributed by atoms with Gasteiger partial charge >= 0.3 is 5.97 Å². The van der Waals surface area contributed by atoms with Crippen molar-refractivity contribution in [3.63, 3.8) is 0 Å². The third-order valence-electron chi connectivity index (χ3n) is 8.14. The molecule has 178 valence electrons. The molecule has 0 heterocycles. The minimum absolute atomic E-state index is 0.0387. The van der Waals surface area contributed by atoms with E-state index in [1.807, 2.05) is 13.8 Å². The highest BCUT2D eigenvalue weighted by Gasteiger charge is 2.71. The van der Waals surface area contributed by atoms with Gasteiger partial charge in [-0.1, -0.05) is 43.6 Å². The van der Waals surface area contributed by atoms with Gasteiger partial charge in [-0.25, -0.2) is 4.79 Å². The minimum atomic E-state index is -0.782. The summed E-state index contributed by atoms with van der Waals surface area (Å²) in [6.07, 6.45) is 1.77. The van der Waals surface area contributed by atoms with E-state index < -0.39 is 27.1 Å². The molecule has 4 rings (SSSR count). The molecule has 2 aromatic carbocycles. The Morgan fingerprint density at radius 2 is 1.88 bits per heavy atom. The largest absolute Gasteiger partial charge is 0.365 e. The van der Waals surface area contributed by atoms with Gasteiger partial charge in [0.2, 0.25) is 5.91 Å². The molecule has 0 aromatic heterocycles. The first-order valence-electron chi connectivity index (χ1n) is 11.0. The summed E-state index contributed by atoms with van der Waals surface area (Å²) in [5.74, 6) is -0.877. The van der Waals surface area contributed by atoms with Crippen LogP contribution >= 0.6 is 11.6 Å². The zero-order chi connectivity index (χ0) is 24.9. The van der Waals surface area contributed by atoms with Gasteiger partial charge in [0.15, 0.2) is 0 Å². The molecule has 2 atom stereocenters. The SMILES string of the molecule is Cc1cc(Cl)ccc1NC(=O)C12CCC(C)(C(=NOC(=O)c3cccc([N+](=O)[O-])c3)C1)C2(C)C. The number of halogens is 1. The van der Waals surface area contributed by atoms with E-state index in [9.17, 15) is 19.7 Å². The van der Waals surface area contributed by atoms with Crippen molar-refractivity contribution in [3.8, 4) is 0 Å². The summed E-state index contributed by atoms with van der Waals surface area (Å²) < 4.78 is 0. The van der Waals surface area contributed by atoms with E-state index in [0.717, 1.165) is 18.1 Å². The Balaban J connectivity index is 1.59. The van der Waals surface area contributed by atoms with Crippen LogP contribution in [0.3, 0.4) is 0 Å². The smallest absolute Gasteiger partial charge is 0.325 e. The monoisotopic (exact) mass is 483 g/mol. The van der Waals surface area contributed by atoms with Crippen molar-refractivity contribution in [2.45, 2.75) is 47.0 Å². The molecular formula is C25H26ClN3O5. The molecule has 2 saturated carbocycles. The van der Waals surface area contributed by atoms with Crippen LogP contribution in [0.4, 0.5) is 11.4 Å². The van der Waals surface area contributed by atoms with Crippen LogP contribution in [0.15, 0.2) is 47.6 Å². The van der Waals surface area contributed by atoms with Gasteiger partial charge in [0.25, 0.3) is 5.69 Å². The molecule has 8 nitrogen and oxygen atoms in total. The molecule has 9 heteroatoms. The van der Waals surface area contributed by atoms with Crippen LogP contribution in [0.5, 0.6) is 0 Å². The van der Waals surface area contributed by atoms with E-state index in [1.165, 1.54) is 18.2 Å². The van der Waals surface area contributed by atoms with E-state index in [2.05, 4.69) is 24.3 Å². The number of hydrogen-bond donors (Lipinski definition) is 1. The Bertz CT molecular complexity index is 1240. The highest BCUT2D eigenvalue weighted by Crippen LogP contribution is 2.71. The first-order valence-corrected chi connectivity index (χ1v) is 11.4. The fourth-order valence-electron chi connectivity index (χ4n) is 5.43. The maximum Gasteiger partial charge on any atom is 0.365 e. The van der Waals surface area contributed by atoms with Crippen molar-refractivity contribution in [3.05, 3.63) is 68.7 Å². The predicted molar refractivity (Wildman–Crippen MR) is 129 cm³/mol. The number of rotatable bonds is 5. The summed E-state index contributed by atoms with van der Waals surface area (Å²) in [6, 6.07) is 10.6. The topological polar surface area (TPSA) is 111 Å². The number of carbonyl (C=O) groups excluding carboxylic acids is 2. The van der Waals surface area contributed by atoms with Crippen LogP contribution in [0.2, 0.25) is 5.02 Å². The van der Waals surface area contributed by atoms with E-state index in [4.69, 9.17) is 16.4 Å². The molecule has 0 radical (unpaired) electrons. The zero-order valence-corrected chi connectivity index (χ0v) is 20.2. The highest BCUT2D eigenvalue weighted by atomic mass is 35.5. The Morgan fingerprint density at radius 1 is 1.15 bits per heavy atom. The lowest BCUT2D eigenvalue weighted by Gasteiger charge is -2.39. The highest BCUT2D eigenvalue weighted by molar-refractivity contribution is 6.30. The van der Waals surface area contributed by atoms with Crippen LogP contribution in [-0.4, -0.2) is 22.5 Å². The molecule has 0 aliphatic heterocycles. The molecule has 0 saturated heterocycles. The summed E-state index contributed by atoms with van der Waals surface area (Å²) >= 11 is 6.05. The van der Waals surface area contributed by atoms with E-state index in [-0.39, 0.29) is 17.2 Å². The fraction of sp³-hybridized carbons (Fsp3) is 0.400. The number of oxime groups is 1. The van der Waals surface area contributed by atoms with Crippen LogP contribution in [0.1, 0.15) is 56.0 Å². The van der Waals surface area contributed by atoms with Crippen LogP contribution < -0.4 is 5.32 Å². The predicted octanol–water partition coefficient (Wildman–Crippen LogP) is 5.92. The first-order chi connectivity index (χ1) is 15.9. The lowest BCUT2D eigenvalue weighted by atomic mass is 9.64. The van der Waals surface area contributed by atoms with Crippen molar-refractivity contribution in [2.24, 2.45) is 21.4 Å². The number of carbonyl (C=O) groups is 2. The number of anilines is 1. The lowest BCUT2D eigenvalue weighted by Crippen LogP contribution is -2.43. The fourth-order valence-corrected chi connectivity index (χ4v) is 5.65. The van der Waals surface area contributed by atoms with Crippen molar-refractivity contribution in [1.29, 1.82) is 0 Å². The molecule has 2 unspecified atom stereocenters. The number of hydrogen-bond acceptors (Lipinski definition) is 6. The van der Waals surface area contributed by atoms with E-state index in [1.54, 1.807) is 18.2 Å². The number of nitro groups is 1. The maximum absolute atomic E-state index is 13.6. The molecule has 0 spiro atoms. The van der Waals surface area contributed by atoms with Gasteiger partial charge in [0.1, 0.15) is 0 Å². The normalized spacial score (nSPS) is 25.9. The Morgan fingerprint density at radius 3 is 2.56 bits per heavy atom. The first kappa shape index (κ1) is 23.9. The summed E-state index contributed by atoms with van der Waals surface area (Å²) in [4.78, 5) is 41.8. The number of non-ortho nitro benzene ring substituents is 1. The van der Waals surface area contributed by atoms with Gasteiger partial charge < -0.3 is 10.2 Å². The van der Waals surface area contributed by atoms with Gasteiger partial charge in [-0.2, -0.15) is 0 Å². The van der Waals surface area contributed by atoms with Gasteiger partial charge in [0, 0.05) is 34.7 Å². The number of aryl methyl sites for hydroxylation is 1. The second-order valence-electron chi connectivity index (χ2n) is 9.85. The summed E-state index contributed by atoms with van der Waals surface area (Å²) in [7, 11) is 0. The second kappa shape index (κ2) is 8.20. The third-order valence-corrected chi connectivity index (χ3v) is 8.37. The van der Waals surface area contributed by atoms with Crippen LogP contribution in [0.25, 0.3) is 0 Å². The lowest BCUT2D eigenvalue weighted by molar-refractivity contribution is -0.384. The maximum atomic E-state index is 13.6. The van der Waals surface area contributed by atoms with E-state index in [0.29, 0.717) is 29.3 Å². The second-order valence-corrected chi connectivity index (χ2v) is 10.3. The van der Waals surface area contributed by atoms with Gasteiger partial charge in [-0.3, -0.25) is 14.9 Å². The number of benzene rings is 2. The Kier molecular flexibility index (Phi) is 5.76. The molecule has 2 fully saturated rings. The number of fused-ring (bicyclic) bond motifs is 2. The standard InChI is InChI=1S/C25H26ClN3O5/c1-15-12-17(26)8-9-19(15)27-22(31)25-11-10-24(4,23(25,2)3)20(14-25)28-34-21(30)16-6-5-7-18(13-16)29(32)33/h5-9,12-13H,10-11,14H2,1-4H3,(H,27,31). The third kappa shape index (κ3) is 3.57. The molecule has 34 heavy (non-hydrogen) atoms. The Labute approximate surface area is 202 Å². The molecule has 1 N–H and O–H groups in total. The summed E-state index contributed by atoms with van der Waals surface area (Å²) in [5.41, 5.74) is 0.448. The van der Waals surface area contributed by atoms with Crippen molar-refractivity contribution in [1.82, 2.24) is 0 Å². The molecule has 2 aliphatic rings. The van der Waals surface area contributed by atoms with Crippen molar-refractivity contribution < 1.29 is 19.3 Å². The Hall–Kier alpha value is -3.26. The van der Waals surface area contributed by atoms with Gasteiger partial charge in [-0.05, 0) is 55.0 Å². The molecular weight excluding hydrogens is 458 g/mol. The number of nitrogens with one attached hydrogen (secondary N) is 1. The van der Waals surface area contributed by atoms with E-state index >= 15 is 0 Å². The van der Waals surface area contributed by atoms with Crippen molar-refractivity contribution >= 4 is 40.6 Å². The average molecular weight is 484 g/mol. The quantitative estimate of drug-likeness (QED) is 0.322. The molecule has 2 bridgehead atoms. The molecule has 2 aliphatic carbocycles. The average Bonchev–Trinajstić information content (AvgIpc) is 3.10. The number of nitrogens with zero attached hydrogens (tertiary/aromatic N) is 2. The minimum Gasteiger partial charge on any atom is -0.325 e. The number of nitro benzene ring substituents is 1. The number of amides is 1. The van der Waals surface area contributed by atoms with Gasteiger partial charge in [-0.15, -0.1) is 0 Å². The van der Waals surface area contributed by atoms with Crippen LogP contribution in [-0.2, 0) is 9.63 Å². The summed E-state index contributed by atoms with van der Waals surface area (Å²) in [6.45, 7) is 8.04. The van der Waals surface area contributed by atoms with Crippen molar-refractivity contribution in [2.75, 3.05) is 5.32 Å². The summed E-state index contributed by atoms with van der Waals surface area (Å²) in [5, 5.41) is 18.9.